The number of hydrogen-bond donors (Lipinski definition) is 2. The van der Waals surface area contributed by atoms with Gasteiger partial charge in [0.15, 0.2) is 5.82 Å². The first kappa shape index (κ1) is 12.2. The summed E-state index contributed by atoms with van der Waals surface area (Å²) in [5, 5.41) is 12.5. The van der Waals surface area contributed by atoms with E-state index in [9.17, 15) is 4.39 Å². The lowest BCUT2D eigenvalue weighted by Gasteiger charge is -2.00. The van der Waals surface area contributed by atoms with Crippen molar-refractivity contribution in [2.45, 2.75) is 6.04 Å². The number of aliphatic hydroxyl groups is 1. The third-order valence-corrected chi connectivity index (χ3v) is 2.82. The summed E-state index contributed by atoms with van der Waals surface area (Å²) in [6, 6.07) is 3.41. The lowest BCUT2D eigenvalue weighted by atomic mass is 10.2. The number of halogens is 2. The van der Waals surface area contributed by atoms with Crippen molar-refractivity contribution in [1.29, 1.82) is 0 Å². The molecular weight excluding hydrogens is 293 g/mol. The Morgan fingerprint density at radius 2 is 2.29 bits per heavy atom. The molecule has 1 atom stereocenters. The first-order valence-corrected chi connectivity index (χ1v) is 5.56. The number of benzene rings is 1. The summed E-state index contributed by atoms with van der Waals surface area (Å²) >= 11 is 3.26. The summed E-state index contributed by atoms with van der Waals surface area (Å²) in [6.45, 7) is -0.288. The van der Waals surface area contributed by atoms with Gasteiger partial charge in [-0.05, 0) is 34.1 Å². The molecule has 90 valence electrons. The summed E-state index contributed by atoms with van der Waals surface area (Å²) in [5.74, 6) is -0.0802. The fourth-order valence-corrected chi connectivity index (χ4v) is 1.65. The van der Waals surface area contributed by atoms with Crippen molar-refractivity contribution in [2.24, 2.45) is 5.73 Å². The zero-order valence-electron chi connectivity index (χ0n) is 8.60. The van der Waals surface area contributed by atoms with E-state index in [0.717, 1.165) is 0 Å². The van der Waals surface area contributed by atoms with Gasteiger partial charge in [0.25, 0.3) is 5.89 Å². The smallest absolute Gasteiger partial charge is 0.259 e. The molecule has 0 aliphatic carbocycles. The van der Waals surface area contributed by atoms with Crippen molar-refractivity contribution in [3.05, 3.63) is 34.3 Å². The molecule has 3 N–H and O–H groups in total. The molecule has 5 nitrogen and oxygen atoms in total. The molecule has 1 aromatic heterocycles. The van der Waals surface area contributed by atoms with Crippen molar-refractivity contribution >= 4 is 15.9 Å². The van der Waals surface area contributed by atoms with E-state index in [-0.39, 0.29) is 18.3 Å². The normalized spacial score (nSPS) is 12.7. The average molecular weight is 302 g/mol. The maximum Gasteiger partial charge on any atom is 0.259 e. The van der Waals surface area contributed by atoms with E-state index in [4.69, 9.17) is 15.4 Å². The van der Waals surface area contributed by atoms with E-state index < -0.39 is 11.9 Å². The second-order valence-electron chi connectivity index (χ2n) is 3.37. The molecule has 0 amide bonds. The van der Waals surface area contributed by atoms with E-state index in [1.807, 2.05) is 0 Å². The molecule has 1 heterocycles. The van der Waals surface area contributed by atoms with E-state index >= 15 is 0 Å². The molecule has 17 heavy (non-hydrogen) atoms. The van der Waals surface area contributed by atoms with E-state index in [0.29, 0.717) is 10.0 Å². The molecule has 2 aromatic rings. The Hall–Kier alpha value is -1.31. The van der Waals surface area contributed by atoms with Gasteiger partial charge in [0.05, 0.1) is 18.2 Å². The molecule has 0 saturated carbocycles. The quantitative estimate of drug-likeness (QED) is 0.900. The summed E-state index contributed by atoms with van der Waals surface area (Å²) in [5.41, 5.74) is 5.97. The van der Waals surface area contributed by atoms with E-state index in [1.54, 1.807) is 6.07 Å². The van der Waals surface area contributed by atoms with Crippen LogP contribution in [0.5, 0.6) is 0 Å². The Morgan fingerprint density at radius 1 is 1.53 bits per heavy atom. The van der Waals surface area contributed by atoms with Gasteiger partial charge < -0.3 is 15.4 Å². The zero-order valence-corrected chi connectivity index (χ0v) is 10.2. The third kappa shape index (κ3) is 2.51. The molecule has 0 bridgehead atoms. The van der Waals surface area contributed by atoms with Crippen LogP contribution >= 0.6 is 15.9 Å². The van der Waals surface area contributed by atoms with Gasteiger partial charge in [0, 0.05) is 4.47 Å². The summed E-state index contributed by atoms with van der Waals surface area (Å²) in [7, 11) is 0. The fourth-order valence-electron chi connectivity index (χ4n) is 1.24. The van der Waals surface area contributed by atoms with Crippen LogP contribution < -0.4 is 5.73 Å². The minimum atomic E-state index is -0.708. The number of nitrogens with two attached hydrogens (primary N) is 1. The number of hydrogen-bond acceptors (Lipinski definition) is 5. The topological polar surface area (TPSA) is 85.2 Å². The number of aliphatic hydroxyl groups excluding tert-OH is 1. The van der Waals surface area contributed by atoms with Crippen molar-refractivity contribution in [3.63, 3.8) is 0 Å². The predicted octanol–water partition coefficient (Wildman–Crippen LogP) is 1.63. The zero-order chi connectivity index (χ0) is 12.4. The van der Waals surface area contributed by atoms with Gasteiger partial charge in [-0.3, -0.25) is 0 Å². The molecule has 0 radical (unpaired) electrons. The van der Waals surface area contributed by atoms with Crippen molar-refractivity contribution in [3.8, 4) is 11.5 Å². The van der Waals surface area contributed by atoms with Crippen LogP contribution in [0.25, 0.3) is 11.5 Å². The fraction of sp³-hybridized carbons (Fsp3) is 0.200. The molecule has 0 spiro atoms. The van der Waals surface area contributed by atoms with Gasteiger partial charge in [0.1, 0.15) is 5.82 Å². The molecule has 2 rings (SSSR count). The number of rotatable bonds is 3. The summed E-state index contributed by atoms with van der Waals surface area (Å²) in [6.07, 6.45) is 0. The molecule has 0 aliphatic heterocycles. The maximum absolute atomic E-state index is 13.1. The third-order valence-electron chi connectivity index (χ3n) is 2.13. The Morgan fingerprint density at radius 3 is 3.00 bits per heavy atom. The van der Waals surface area contributed by atoms with Gasteiger partial charge in [-0.2, -0.15) is 4.98 Å². The van der Waals surface area contributed by atoms with Gasteiger partial charge >= 0.3 is 0 Å². The average Bonchev–Trinajstić information content (AvgIpc) is 2.80. The Bertz CT molecular complexity index is 532. The van der Waals surface area contributed by atoms with Gasteiger partial charge in [-0.25, -0.2) is 4.39 Å². The second kappa shape index (κ2) is 4.91. The van der Waals surface area contributed by atoms with Crippen LogP contribution in [-0.4, -0.2) is 21.9 Å². The molecule has 1 unspecified atom stereocenters. The van der Waals surface area contributed by atoms with Crippen LogP contribution in [0.15, 0.2) is 27.2 Å². The molecular formula is C10H9BrFN3O2. The van der Waals surface area contributed by atoms with Gasteiger partial charge in [-0.1, -0.05) is 5.16 Å². The monoisotopic (exact) mass is 301 g/mol. The Kier molecular flexibility index (Phi) is 3.51. The first-order chi connectivity index (χ1) is 8.11. The summed E-state index contributed by atoms with van der Waals surface area (Å²) < 4.78 is 18.7. The highest BCUT2D eigenvalue weighted by atomic mass is 79.9. The molecule has 0 aliphatic rings. The molecule has 0 fully saturated rings. The predicted molar refractivity (Wildman–Crippen MR) is 61.4 cm³/mol. The van der Waals surface area contributed by atoms with Crippen LogP contribution in [0.3, 0.4) is 0 Å². The van der Waals surface area contributed by atoms with Crippen LogP contribution in [-0.2, 0) is 0 Å². The molecule has 0 saturated heterocycles. The standard InChI is InChI=1S/C10H9BrFN3O2/c11-7-2-1-5(12)3-6(7)10-14-9(15-17-10)8(13)4-16/h1-3,8,16H,4,13H2. The van der Waals surface area contributed by atoms with Crippen molar-refractivity contribution in [2.75, 3.05) is 6.61 Å². The van der Waals surface area contributed by atoms with E-state index in [2.05, 4.69) is 26.1 Å². The highest BCUT2D eigenvalue weighted by molar-refractivity contribution is 9.10. The minimum absolute atomic E-state index is 0.148. The highest BCUT2D eigenvalue weighted by Crippen LogP contribution is 2.28. The van der Waals surface area contributed by atoms with Gasteiger partial charge in [0.2, 0.25) is 0 Å². The van der Waals surface area contributed by atoms with Crippen LogP contribution in [0.2, 0.25) is 0 Å². The molecule has 1 aromatic carbocycles. The number of nitrogens with zero attached hydrogens (tertiary/aromatic N) is 2. The molecule has 7 heteroatoms. The van der Waals surface area contributed by atoms with Crippen molar-refractivity contribution in [1.82, 2.24) is 10.1 Å². The summed E-state index contributed by atoms with van der Waals surface area (Å²) in [4.78, 5) is 3.99. The highest BCUT2D eigenvalue weighted by Gasteiger charge is 2.16. The largest absolute Gasteiger partial charge is 0.394 e. The second-order valence-corrected chi connectivity index (χ2v) is 4.23. The van der Waals surface area contributed by atoms with Gasteiger partial charge in [-0.15, -0.1) is 0 Å². The number of aromatic nitrogens is 2. The first-order valence-electron chi connectivity index (χ1n) is 4.77. The SMILES string of the molecule is NC(CO)c1noc(-c2cc(F)ccc2Br)n1. The lowest BCUT2D eigenvalue weighted by molar-refractivity contribution is 0.260. The van der Waals surface area contributed by atoms with Crippen LogP contribution in [0.4, 0.5) is 4.39 Å². The van der Waals surface area contributed by atoms with Crippen molar-refractivity contribution < 1.29 is 14.0 Å². The van der Waals surface area contributed by atoms with Crippen LogP contribution in [0.1, 0.15) is 11.9 Å². The lowest BCUT2D eigenvalue weighted by Crippen LogP contribution is -2.15. The Balaban J connectivity index is 2.40. The minimum Gasteiger partial charge on any atom is -0.394 e. The van der Waals surface area contributed by atoms with Crippen LogP contribution in [0, 0.1) is 5.82 Å². The maximum atomic E-state index is 13.1. The Labute approximate surface area is 105 Å². The van der Waals surface area contributed by atoms with E-state index in [1.165, 1.54) is 12.1 Å².